The van der Waals surface area contributed by atoms with Crippen LogP contribution in [-0.2, 0) is 14.3 Å². The number of carbonyl (C=O) groups excluding carboxylic acids is 1. The van der Waals surface area contributed by atoms with Crippen molar-refractivity contribution in [2.45, 2.75) is 44.4 Å². The summed E-state index contributed by atoms with van der Waals surface area (Å²) in [6.07, 6.45) is 3.89. The molecule has 4 N–H and O–H groups in total. The quantitative estimate of drug-likeness (QED) is 0.191. The summed E-state index contributed by atoms with van der Waals surface area (Å²) in [5.41, 5.74) is 8.09. The van der Waals surface area contributed by atoms with E-state index in [1.54, 1.807) is 7.11 Å². The molecule has 0 aromatic heterocycles. The Bertz CT molecular complexity index is 1190. The second-order valence-electron chi connectivity index (χ2n) is 9.54. The second kappa shape index (κ2) is 12.7. The van der Waals surface area contributed by atoms with Gasteiger partial charge in [0.2, 0.25) is 0 Å². The van der Waals surface area contributed by atoms with Crippen molar-refractivity contribution >= 4 is 44.6 Å². The van der Waals surface area contributed by atoms with Gasteiger partial charge in [-0.15, -0.1) is 0 Å². The van der Waals surface area contributed by atoms with Gasteiger partial charge in [0.25, 0.3) is 5.91 Å². The van der Waals surface area contributed by atoms with Crippen LogP contribution >= 0.6 is 15.9 Å². The standard InChI is InChI=1S/C28H36BrN5O3/c1-18(19(2)32-24-7-5-20-14-22(29)6-4-21(20)15-24)27(31-17-30)28(35)34-11-8-23(9-12-34)33-25-10-13-37-16-26(25)36-3/h4-7,14-15,17,23,25-26,32-33H,2,8-13,16H2,1,3H3,(H2,30,31)/b27-18-/t25-,26+/m0/s1. The molecule has 2 aliphatic heterocycles. The van der Waals surface area contributed by atoms with E-state index in [-0.39, 0.29) is 18.1 Å². The SMILES string of the molecule is C=C(Nc1ccc2cc(Br)ccc2c1)/C(C)=C(\N=C/N)C(=O)N1CCC(N[C@H]2CCOC[C@H]2OC)CC1. The molecule has 0 bridgehead atoms. The normalized spacial score (nSPS) is 21.8. The highest BCUT2D eigenvalue weighted by atomic mass is 79.9. The summed E-state index contributed by atoms with van der Waals surface area (Å²) in [6, 6.07) is 12.8. The van der Waals surface area contributed by atoms with Crippen molar-refractivity contribution in [2.75, 3.05) is 38.7 Å². The molecule has 0 saturated carbocycles. The first-order chi connectivity index (χ1) is 17.9. The van der Waals surface area contributed by atoms with Gasteiger partial charge in [-0.25, -0.2) is 4.99 Å². The van der Waals surface area contributed by atoms with Gasteiger partial charge in [0.05, 0.1) is 19.0 Å². The third-order valence-electron chi connectivity index (χ3n) is 7.15. The third kappa shape index (κ3) is 6.78. The smallest absolute Gasteiger partial charge is 0.272 e. The highest BCUT2D eigenvalue weighted by Gasteiger charge is 2.31. The number of amides is 1. The minimum Gasteiger partial charge on any atom is -0.390 e. The molecule has 2 heterocycles. The number of rotatable bonds is 8. The van der Waals surface area contributed by atoms with Gasteiger partial charge in [0.1, 0.15) is 5.70 Å². The topological polar surface area (TPSA) is 101 Å². The van der Waals surface area contributed by atoms with Crippen molar-refractivity contribution in [3.63, 3.8) is 0 Å². The minimum atomic E-state index is -0.134. The lowest BCUT2D eigenvalue weighted by Crippen LogP contribution is -2.54. The fraction of sp³-hybridized carbons (Fsp3) is 0.429. The Labute approximate surface area is 227 Å². The summed E-state index contributed by atoms with van der Waals surface area (Å²) < 4.78 is 12.1. The zero-order valence-corrected chi connectivity index (χ0v) is 23.1. The Morgan fingerprint density at radius 1 is 1.22 bits per heavy atom. The van der Waals surface area contributed by atoms with Gasteiger partial charge in [-0.2, -0.15) is 0 Å². The van der Waals surface area contributed by atoms with E-state index in [1.807, 2.05) is 30.0 Å². The van der Waals surface area contributed by atoms with Crippen molar-refractivity contribution in [1.29, 1.82) is 0 Å². The van der Waals surface area contributed by atoms with E-state index in [2.05, 4.69) is 56.3 Å². The highest BCUT2D eigenvalue weighted by molar-refractivity contribution is 9.10. The Morgan fingerprint density at radius 2 is 1.95 bits per heavy atom. The molecular formula is C28H36BrN5O3. The molecule has 0 aliphatic carbocycles. The number of nitrogens with one attached hydrogen (secondary N) is 2. The Hall–Kier alpha value is -2.72. The number of carbonyl (C=O) groups is 1. The Morgan fingerprint density at radius 3 is 2.68 bits per heavy atom. The fourth-order valence-electron chi connectivity index (χ4n) is 4.93. The van der Waals surface area contributed by atoms with E-state index < -0.39 is 0 Å². The minimum absolute atomic E-state index is 0.0625. The molecule has 198 valence electrons. The van der Waals surface area contributed by atoms with Crippen LogP contribution in [0, 0.1) is 0 Å². The van der Waals surface area contributed by atoms with E-state index in [4.69, 9.17) is 15.2 Å². The predicted octanol–water partition coefficient (Wildman–Crippen LogP) is 4.17. The maximum absolute atomic E-state index is 13.5. The first kappa shape index (κ1) is 27.3. The molecule has 0 unspecified atom stereocenters. The van der Waals surface area contributed by atoms with E-state index in [1.165, 1.54) is 6.34 Å². The lowest BCUT2D eigenvalue weighted by Gasteiger charge is -2.38. The summed E-state index contributed by atoms with van der Waals surface area (Å²) in [5.74, 6) is -0.134. The maximum atomic E-state index is 13.5. The number of allylic oxidation sites excluding steroid dienone is 1. The first-order valence-electron chi connectivity index (χ1n) is 12.7. The van der Waals surface area contributed by atoms with Gasteiger partial charge >= 0.3 is 0 Å². The number of fused-ring (bicyclic) bond motifs is 1. The molecule has 2 fully saturated rings. The highest BCUT2D eigenvalue weighted by Crippen LogP contribution is 2.26. The van der Waals surface area contributed by atoms with Gasteiger partial charge in [0.15, 0.2) is 0 Å². The largest absolute Gasteiger partial charge is 0.390 e. The Balaban J connectivity index is 1.40. The van der Waals surface area contributed by atoms with E-state index >= 15 is 0 Å². The molecule has 8 nitrogen and oxygen atoms in total. The van der Waals surface area contributed by atoms with E-state index in [9.17, 15) is 4.79 Å². The summed E-state index contributed by atoms with van der Waals surface area (Å²) in [5, 5.41) is 9.29. The summed E-state index contributed by atoms with van der Waals surface area (Å²) in [6.45, 7) is 8.67. The summed E-state index contributed by atoms with van der Waals surface area (Å²) in [4.78, 5) is 19.6. The molecule has 0 spiro atoms. The number of hydrogen-bond donors (Lipinski definition) is 3. The molecule has 4 rings (SSSR count). The number of anilines is 1. The number of benzene rings is 2. The summed E-state index contributed by atoms with van der Waals surface area (Å²) in [7, 11) is 1.73. The van der Waals surface area contributed by atoms with E-state index in [0.29, 0.717) is 42.7 Å². The van der Waals surface area contributed by atoms with Crippen molar-refractivity contribution in [1.82, 2.24) is 10.2 Å². The van der Waals surface area contributed by atoms with Crippen molar-refractivity contribution in [3.05, 3.63) is 64.4 Å². The van der Waals surface area contributed by atoms with Gasteiger partial charge in [-0.3, -0.25) is 4.79 Å². The molecule has 2 aromatic carbocycles. The number of ether oxygens (including phenoxy) is 2. The predicted molar refractivity (Wildman–Crippen MR) is 153 cm³/mol. The van der Waals surface area contributed by atoms with Crippen LogP contribution in [0.5, 0.6) is 0 Å². The lowest BCUT2D eigenvalue weighted by molar-refractivity contribution is -0.128. The lowest BCUT2D eigenvalue weighted by atomic mass is 9.99. The van der Waals surface area contributed by atoms with Gasteiger partial charge < -0.3 is 30.7 Å². The first-order valence-corrected chi connectivity index (χ1v) is 13.5. The van der Waals surface area contributed by atoms with E-state index in [0.717, 1.165) is 46.8 Å². The monoisotopic (exact) mass is 569 g/mol. The number of halogens is 1. The summed E-state index contributed by atoms with van der Waals surface area (Å²) >= 11 is 3.51. The van der Waals surface area contributed by atoms with Gasteiger partial charge in [-0.1, -0.05) is 34.6 Å². The number of likely N-dealkylation sites (tertiary alicyclic amines) is 1. The molecule has 2 saturated heterocycles. The third-order valence-corrected chi connectivity index (χ3v) is 7.64. The van der Waals surface area contributed by atoms with Crippen LogP contribution in [0.3, 0.4) is 0 Å². The van der Waals surface area contributed by atoms with Crippen LogP contribution in [0.15, 0.2) is 69.4 Å². The van der Waals surface area contributed by atoms with Crippen molar-refractivity contribution in [2.24, 2.45) is 10.7 Å². The van der Waals surface area contributed by atoms with Gasteiger partial charge in [-0.05, 0) is 61.2 Å². The number of aliphatic imine (C=N–C) groups is 1. The van der Waals surface area contributed by atoms with Crippen LogP contribution in [-0.4, -0.2) is 68.7 Å². The number of nitrogens with two attached hydrogens (primary N) is 1. The zero-order valence-electron chi connectivity index (χ0n) is 21.5. The van der Waals surface area contributed by atoms with Crippen LogP contribution < -0.4 is 16.4 Å². The molecule has 1 amide bonds. The van der Waals surface area contributed by atoms with Crippen LogP contribution in [0.2, 0.25) is 0 Å². The van der Waals surface area contributed by atoms with Gasteiger partial charge in [0, 0.05) is 60.3 Å². The fourth-order valence-corrected chi connectivity index (χ4v) is 5.31. The molecule has 0 radical (unpaired) electrons. The molecular weight excluding hydrogens is 534 g/mol. The second-order valence-corrected chi connectivity index (χ2v) is 10.5. The molecule has 2 atom stereocenters. The molecule has 2 aliphatic rings. The van der Waals surface area contributed by atoms with Crippen LogP contribution in [0.25, 0.3) is 10.8 Å². The van der Waals surface area contributed by atoms with Crippen LogP contribution in [0.4, 0.5) is 5.69 Å². The average molecular weight is 571 g/mol. The van der Waals surface area contributed by atoms with Crippen molar-refractivity contribution in [3.8, 4) is 0 Å². The molecule has 37 heavy (non-hydrogen) atoms. The number of hydrogen-bond acceptors (Lipinski definition) is 6. The van der Waals surface area contributed by atoms with Crippen molar-refractivity contribution < 1.29 is 14.3 Å². The number of methoxy groups -OCH3 is 1. The number of nitrogens with zero attached hydrogens (tertiary/aromatic N) is 2. The van der Waals surface area contributed by atoms with Crippen LogP contribution in [0.1, 0.15) is 26.2 Å². The zero-order chi connectivity index (χ0) is 26.4. The Kier molecular flexibility index (Phi) is 9.37. The molecule has 2 aromatic rings. The average Bonchev–Trinajstić information content (AvgIpc) is 2.91. The molecule has 9 heteroatoms. The number of piperidine rings is 1. The maximum Gasteiger partial charge on any atom is 0.272 e.